The Balaban J connectivity index is 1.09. The molecule has 8 atom stereocenters. The molecule has 292 valence electrons. The predicted octanol–water partition coefficient (Wildman–Crippen LogP) is 10.5. The third-order valence-electron chi connectivity index (χ3n) is 13.1. The van der Waals surface area contributed by atoms with E-state index in [1.807, 2.05) is 20.8 Å². The summed E-state index contributed by atoms with van der Waals surface area (Å²) in [5, 5.41) is 5.74. The molecule has 0 spiro atoms. The first-order valence-electron chi connectivity index (χ1n) is 20.5. The van der Waals surface area contributed by atoms with Crippen molar-refractivity contribution in [1.82, 2.24) is 10.6 Å². The summed E-state index contributed by atoms with van der Waals surface area (Å²) in [7, 11) is 2.83. The number of carbonyl (C=O) groups excluding carboxylic acids is 3. The fourth-order valence-corrected chi connectivity index (χ4v) is 12.2. The quantitative estimate of drug-likeness (QED) is 0.0624. The van der Waals surface area contributed by atoms with Crippen molar-refractivity contribution in [3.8, 4) is 0 Å². The molecule has 0 aromatic rings. The zero-order valence-electron chi connectivity index (χ0n) is 33.4. The van der Waals surface area contributed by atoms with E-state index in [1.54, 1.807) is 5.57 Å². The molecule has 0 aromatic heterocycles. The second-order valence-corrected chi connectivity index (χ2v) is 20.8. The van der Waals surface area contributed by atoms with Gasteiger partial charge in [-0.1, -0.05) is 100.0 Å². The molecule has 7 nitrogen and oxygen atoms in total. The van der Waals surface area contributed by atoms with Crippen LogP contribution in [-0.4, -0.2) is 54.3 Å². The molecule has 4 aliphatic carbocycles. The number of unbranched alkanes of at least 4 members (excludes halogenated alkanes) is 3. The normalized spacial score (nSPS) is 30.8. The molecular formula is C42H72N2O5S2. The monoisotopic (exact) mass is 748 g/mol. The van der Waals surface area contributed by atoms with Crippen molar-refractivity contribution in [2.45, 2.75) is 163 Å². The number of hydrogen-bond acceptors (Lipinski definition) is 7. The topological polar surface area (TPSA) is 93.7 Å². The summed E-state index contributed by atoms with van der Waals surface area (Å²) in [6.07, 6.45) is 19.9. The van der Waals surface area contributed by atoms with Crippen LogP contribution in [-0.2, 0) is 19.1 Å². The molecule has 0 heterocycles. The molecular weight excluding hydrogens is 677 g/mol. The van der Waals surface area contributed by atoms with Crippen LogP contribution in [0.5, 0.6) is 0 Å². The van der Waals surface area contributed by atoms with Crippen LogP contribution in [0.4, 0.5) is 4.79 Å². The fourth-order valence-electron chi connectivity index (χ4n) is 10.5. The van der Waals surface area contributed by atoms with Gasteiger partial charge in [-0.2, -0.15) is 0 Å². The molecule has 0 radical (unpaired) electrons. The van der Waals surface area contributed by atoms with E-state index < -0.39 is 5.60 Å². The van der Waals surface area contributed by atoms with Gasteiger partial charge in [-0.25, -0.2) is 4.79 Å². The lowest BCUT2D eigenvalue weighted by Crippen LogP contribution is -2.51. The lowest BCUT2D eigenvalue weighted by molar-refractivity contribution is -0.148. The van der Waals surface area contributed by atoms with Crippen molar-refractivity contribution >= 4 is 39.6 Å². The summed E-state index contributed by atoms with van der Waals surface area (Å²) in [5.74, 6) is 5.42. The van der Waals surface area contributed by atoms with Crippen LogP contribution in [0.15, 0.2) is 11.6 Å². The van der Waals surface area contributed by atoms with Gasteiger partial charge >= 0.3 is 12.1 Å². The number of nitrogens with one attached hydrogen (secondary N) is 2. The van der Waals surface area contributed by atoms with Crippen LogP contribution in [0.25, 0.3) is 0 Å². The number of esters is 1. The predicted molar refractivity (Wildman–Crippen MR) is 214 cm³/mol. The van der Waals surface area contributed by atoms with Crippen LogP contribution in [0, 0.1) is 46.3 Å². The Morgan fingerprint density at radius 2 is 1.57 bits per heavy atom. The summed E-state index contributed by atoms with van der Waals surface area (Å²) in [5.41, 5.74) is 1.84. The van der Waals surface area contributed by atoms with Gasteiger partial charge in [-0.3, -0.25) is 9.59 Å². The van der Waals surface area contributed by atoms with Crippen LogP contribution >= 0.6 is 21.6 Å². The molecule has 4 rings (SSSR count). The van der Waals surface area contributed by atoms with Gasteiger partial charge in [-0.05, 0) is 125 Å². The Hall–Kier alpha value is -1.35. The minimum absolute atomic E-state index is 0.00568. The Labute approximate surface area is 318 Å². The van der Waals surface area contributed by atoms with Crippen molar-refractivity contribution in [2.75, 3.05) is 24.6 Å². The van der Waals surface area contributed by atoms with Gasteiger partial charge < -0.3 is 20.1 Å². The minimum atomic E-state index is -0.485. The summed E-state index contributed by atoms with van der Waals surface area (Å²) in [6.45, 7) is 19.3. The van der Waals surface area contributed by atoms with Crippen LogP contribution < -0.4 is 10.6 Å². The number of rotatable bonds is 18. The van der Waals surface area contributed by atoms with E-state index in [4.69, 9.17) is 9.47 Å². The van der Waals surface area contributed by atoms with Gasteiger partial charge in [0, 0.05) is 19.5 Å². The van der Waals surface area contributed by atoms with Gasteiger partial charge in [0.1, 0.15) is 17.5 Å². The third-order valence-corrected chi connectivity index (χ3v) is 15.2. The summed E-state index contributed by atoms with van der Waals surface area (Å²) >= 11 is 0. The SMILES string of the molecule is CC(C)CCCC(C)[C@H]1CC[C@H]2[C@@H]3CC=C4C[C@@H](OC(=O)CSSCC(=O)NCCCCCCNC(=O)OC(C)(C)C)CC[C@]4(C)[C@H]3CC[C@]12C. The Kier molecular flexibility index (Phi) is 16.0. The average Bonchev–Trinajstić information content (AvgIpc) is 3.41. The van der Waals surface area contributed by atoms with E-state index in [0.717, 1.165) is 80.5 Å². The van der Waals surface area contributed by atoms with Crippen LogP contribution in [0.3, 0.4) is 0 Å². The number of carbonyl (C=O) groups is 3. The maximum Gasteiger partial charge on any atom is 0.407 e. The number of alkyl carbamates (subject to hydrolysis) is 1. The third kappa shape index (κ3) is 12.1. The van der Waals surface area contributed by atoms with Gasteiger partial charge in [0.05, 0.1) is 5.75 Å². The van der Waals surface area contributed by atoms with E-state index in [9.17, 15) is 14.4 Å². The molecule has 3 saturated carbocycles. The minimum Gasteiger partial charge on any atom is -0.461 e. The van der Waals surface area contributed by atoms with E-state index in [0.29, 0.717) is 24.3 Å². The van der Waals surface area contributed by atoms with Crippen molar-refractivity contribution < 1.29 is 23.9 Å². The molecule has 0 saturated heterocycles. The number of ether oxygens (including phenoxy) is 2. The largest absolute Gasteiger partial charge is 0.461 e. The lowest BCUT2D eigenvalue weighted by atomic mass is 9.47. The maximum absolute atomic E-state index is 12.8. The smallest absolute Gasteiger partial charge is 0.407 e. The average molecular weight is 749 g/mol. The molecule has 51 heavy (non-hydrogen) atoms. The van der Waals surface area contributed by atoms with E-state index in [-0.39, 0.29) is 35.2 Å². The highest BCUT2D eigenvalue weighted by atomic mass is 33.1. The highest BCUT2D eigenvalue weighted by Crippen LogP contribution is 2.67. The number of fused-ring (bicyclic) bond motifs is 5. The molecule has 3 fully saturated rings. The molecule has 1 unspecified atom stereocenters. The molecule has 4 aliphatic rings. The number of hydrogen-bond donors (Lipinski definition) is 2. The Bertz CT molecular complexity index is 1190. The Morgan fingerprint density at radius 1 is 0.863 bits per heavy atom. The summed E-state index contributed by atoms with van der Waals surface area (Å²) < 4.78 is 11.2. The van der Waals surface area contributed by atoms with Crippen molar-refractivity contribution in [3.63, 3.8) is 0 Å². The first-order valence-corrected chi connectivity index (χ1v) is 23.0. The molecule has 0 aromatic carbocycles. The highest BCUT2D eigenvalue weighted by molar-refractivity contribution is 8.77. The highest BCUT2D eigenvalue weighted by Gasteiger charge is 2.59. The first kappa shape index (κ1) is 42.4. The summed E-state index contributed by atoms with van der Waals surface area (Å²) in [6, 6.07) is 0. The van der Waals surface area contributed by atoms with Gasteiger partial charge in [0.2, 0.25) is 5.91 Å². The molecule has 2 N–H and O–H groups in total. The number of allylic oxidation sites excluding steroid dienone is 1. The van der Waals surface area contributed by atoms with Crippen molar-refractivity contribution in [1.29, 1.82) is 0 Å². The van der Waals surface area contributed by atoms with Crippen molar-refractivity contribution in [2.24, 2.45) is 46.3 Å². The molecule has 2 amide bonds. The zero-order valence-corrected chi connectivity index (χ0v) is 35.0. The summed E-state index contributed by atoms with van der Waals surface area (Å²) in [4.78, 5) is 36.7. The van der Waals surface area contributed by atoms with Crippen molar-refractivity contribution in [3.05, 3.63) is 11.6 Å². The van der Waals surface area contributed by atoms with Crippen LogP contribution in [0.1, 0.15) is 152 Å². The van der Waals surface area contributed by atoms with E-state index in [2.05, 4.69) is 51.3 Å². The second-order valence-electron chi connectivity index (χ2n) is 18.4. The molecule has 0 aliphatic heterocycles. The van der Waals surface area contributed by atoms with Crippen LogP contribution in [0.2, 0.25) is 0 Å². The van der Waals surface area contributed by atoms with Gasteiger partial charge in [-0.15, -0.1) is 0 Å². The molecule has 9 heteroatoms. The van der Waals surface area contributed by atoms with E-state index >= 15 is 0 Å². The van der Waals surface area contributed by atoms with Gasteiger partial charge in [0.15, 0.2) is 0 Å². The maximum atomic E-state index is 12.8. The standard InChI is InChI=1S/C42H72N2O5S2/c1-29(2)14-13-15-30(3)34-18-19-35-33-17-16-31-26-32(20-22-41(31,7)36(33)21-23-42(34,35)8)48-38(46)28-51-50-27-37(45)43-24-11-9-10-12-25-44-39(47)49-40(4,5)6/h16,29-30,32-36H,9-15,17-28H2,1-8H3,(H,43,45)(H,44,47)/t30?,32-,33-,34+,35-,36-,41-,42+/m0/s1. The van der Waals surface area contributed by atoms with Gasteiger partial charge in [0.25, 0.3) is 0 Å². The molecule has 0 bridgehead atoms. The fraction of sp³-hybridized carbons (Fsp3) is 0.881. The van der Waals surface area contributed by atoms with E-state index in [1.165, 1.54) is 73.0 Å². The first-order chi connectivity index (χ1) is 24.1. The zero-order chi connectivity index (χ0) is 37.2. The second kappa shape index (κ2) is 19.3. The lowest BCUT2D eigenvalue weighted by Gasteiger charge is -2.58. The Morgan fingerprint density at radius 3 is 2.27 bits per heavy atom. The number of amides is 2.